The molecule has 1 amide bonds. The van der Waals surface area contributed by atoms with Gasteiger partial charge in [0.1, 0.15) is 11.4 Å². The molecule has 102 valence electrons. The molecule has 0 fully saturated rings. The van der Waals surface area contributed by atoms with Crippen LogP contribution in [-0.4, -0.2) is 18.6 Å². The third kappa shape index (κ3) is 3.19. The number of anilines is 1. The molecule has 2 aromatic rings. The van der Waals surface area contributed by atoms with Crippen molar-refractivity contribution in [2.24, 2.45) is 0 Å². The van der Waals surface area contributed by atoms with Crippen LogP contribution in [0.15, 0.2) is 22.7 Å². The van der Waals surface area contributed by atoms with Gasteiger partial charge in [0, 0.05) is 14.6 Å². The summed E-state index contributed by atoms with van der Waals surface area (Å²) in [6.07, 6.45) is -4.44. The number of alkyl halides is 3. The number of fused-ring (bicyclic) bond motifs is 1. The van der Waals surface area contributed by atoms with E-state index in [0.717, 1.165) is 20.5 Å². The van der Waals surface area contributed by atoms with Gasteiger partial charge in [-0.15, -0.1) is 11.3 Å². The topological polar surface area (TPSA) is 55.1 Å². The van der Waals surface area contributed by atoms with Gasteiger partial charge in [0.15, 0.2) is 0 Å². The molecule has 8 heteroatoms. The van der Waals surface area contributed by atoms with E-state index in [-0.39, 0.29) is 10.6 Å². The average Bonchev–Trinajstić information content (AvgIpc) is 2.62. The third-order valence-corrected chi connectivity index (χ3v) is 4.01. The molecule has 2 rings (SSSR count). The number of thiophene rings is 1. The molecule has 0 aliphatic rings. The van der Waals surface area contributed by atoms with Gasteiger partial charge in [-0.3, -0.25) is 4.79 Å². The number of amides is 1. The van der Waals surface area contributed by atoms with Crippen molar-refractivity contribution in [1.82, 2.24) is 5.32 Å². The molecular formula is C11H8BrF3N2OS. The summed E-state index contributed by atoms with van der Waals surface area (Å²) in [5, 5.41) is 2.47. The Balaban J connectivity index is 2.30. The maximum absolute atomic E-state index is 12.0. The number of nitrogen functional groups attached to an aromatic ring is 1. The van der Waals surface area contributed by atoms with Crippen LogP contribution in [0.4, 0.5) is 18.9 Å². The fourth-order valence-electron chi connectivity index (χ4n) is 1.52. The minimum Gasteiger partial charge on any atom is -0.397 e. The zero-order valence-electron chi connectivity index (χ0n) is 9.34. The largest absolute Gasteiger partial charge is 0.405 e. The van der Waals surface area contributed by atoms with E-state index < -0.39 is 18.6 Å². The highest BCUT2D eigenvalue weighted by atomic mass is 79.9. The first-order chi connectivity index (χ1) is 8.78. The SMILES string of the molecule is Nc1c(C(=O)NCC(F)(F)F)sc2cc(Br)ccc12. The van der Waals surface area contributed by atoms with Crippen LogP contribution in [0, 0.1) is 0 Å². The Kier molecular flexibility index (Phi) is 3.73. The van der Waals surface area contributed by atoms with Gasteiger partial charge in [0.2, 0.25) is 0 Å². The number of halogens is 4. The van der Waals surface area contributed by atoms with Crippen molar-refractivity contribution in [2.45, 2.75) is 6.18 Å². The van der Waals surface area contributed by atoms with Crippen LogP contribution in [0.5, 0.6) is 0 Å². The molecule has 0 saturated carbocycles. The van der Waals surface area contributed by atoms with Crippen molar-refractivity contribution >= 4 is 48.9 Å². The monoisotopic (exact) mass is 352 g/mol. The number of hydrogen-bond donors (Lipinski definition) is 2. The molecule has 1 aromatic carbocycles. The lowest BCUT2D eigenvalue weighted by Gasteiger charge is -2.07. The fraction of sp³-hybridized carbons (Fsp3) is 0.182. The summed E-state index contributed by atoms with van der Waals surface area (Å²) in [7, 11) is 0. The molecule has 3 N–H and O–H groups in total. The normalized spacial score (nSPS) is 11.8. The van der Waals surface area contributed by atoms with E-state index in [4.69, 9.17) is 5.73 Å². The van der Waals surface area contributed by atoms with E-state index in [1.807, 2.05) is 5.32 Å². The maximum atomic E-state index is 12.0. The molecule has 19 heavy (non-hydrogen) atoms. The predicted octanol–water partition coefficient (Wildman–Crippen LogP) is 3.54. The number of benzene rings is 1. The summed E-state index contributed by atoms with van der Waals surface area (Å²) >= 11 is 4.34. The molecule has 0 saturated heterocycles. The van der Waals surface area contributed by atoms with Crippen LogP contribution in [0.25, 0.3) is 10.1 Å². The Hall–Kier alpha value is -1.28. The van der Waals surface area contributed by atoms with Gasteiger partial charge in [-0.25, -0.2) is 0 Å². The maximum Gasteiger partial charge on any atom is 0.405 e. The Labute approximate surface area is 118 Å². The molecule has 0 aliphatic heterocycles. The van der Waals surface area contributed by atoms with Gasteiger partial charge in [-0.1, -0.05) is 22.0 Å². The van der Waals surface area contributed by atoms with Crippen molar-refractivity contribution in [2.75, 3.05) is 12.3 Å². The smallest absolute Gasteiger partial charge is 0.397 e. The van der Waals surface area contributed by atoms with Gasteiger partial charge in [-0.05, 0) is 12.1 Å². The van der Waals surface area contributed by atoms with Gasteiger partial charge >= 0.3 is 6.18 Å². The Morgan fingerprint density at radius 1 is 1.42 bits per heavy atom. The highest BCUT2D eigenvalue weighted by Gasteiger charge is 2.28. The zero-order valence-corrected chi connectivity index (χ0v) is 11.7. The van der Waals surface area contributed by atoms with Crippen LogP contribution < -0.4 is 11.1 Å². The second-order valence-corrected chi connectivity index (χ2v) is 5.75. The van der Waals surface area contributed by atoms with Crippen LogP contribution in [0.3, 0.4) is 0 Å². The van der Waals surface area contributed by atoms with Crippen LogP contribution in [0.2, 0.25) is 0 Å². The van der Waals surface area contributed by atoms with E-state index in [2.05, 4.69) is 15.9 Å². The summed E-state index contributed by atoms with van der Waals surface area (Å²) in [4.78, 5) is 11.8. The zero-order chi connectivity index (χ0) is 14.2. The molecule has 0 unspecified atom stereocenters. The van der Waals surface area contributed by atoms with Crippen molar-refractivity contribution in [3.05, 3.63) is 27.5 Å². The Morgan fingerprint density at radius 3 is 2.74 bits per heavy atom. The fourth-order valence-corrected chi connectivity index (χ4v) is 3.11. The number of carbonyl (C=O) groups excluding carboxylic acids is 1. The van der Waals surface area contributed by atoms with E-state index in [1.54, 1.807) is 18.2 Å². The van der Waals surface area contributed by atoms with Crippen LogP contribution >= 0.6 is 27.3 Å². The predicted molar refractivity (Wildman–Crippen MR) is 72.3 cm³/mol. The highest BCUT2D eigenvalue weighted by Crippen LogP contribution is 2.35. The van der Waals surface area contributed by atoms with Crippen molar-refractivity contribution < 1.29 is 18.0 Å². The highest BCUT2D eigenvalue weighted by molar-refractivity contribution is 9.10. The van der Waals surface area contributed by atoms with Crippen LogP contribution in [0.1, 0.15) is 9.67 Å². The molecule has 0 spiro atoms. The van der Waals surface area contributed by atoms with Crippen LogP contribution in [-0.2, 0) is 0 Å². The second kappa shape index (κ2) is 5.01. The average molecular weight is 353 g/mol. The lowest BCUT2D eigenvalue weighted by Crippen LogP contribution is -2.33. The minimum atomic E-state index is -4.44. The van der Waals surface area contributed by atoms with Gasteiger partial charge in [-0.2, -0.15) is 13.2 Å². The molecular weight excluding hydrogens is 345 g/mol. The second-order valence-electron chi connectivity index (χ2n) is 3.78. The Morgan fingerprint density at radius 2 is 2.11 bits per heavy atom. The van der Waals surface area contributed by atoms with E-state index in [0.29, 0.717) is 5.39 Å². The van der Waals surface area contributed by atoms with Gasteiger partial charge < -0.3 is 11.1 Å². The number of nitrogens with one attached hydrogen (secondary N) is 1. The summed E-state index contributed by atoms with van der Waals surface area (Å²) in [5.41, 5.74) is 5.98. The summed E-state index contributed by atoms with van der Waals surface area (Å²) < 4.78 is 37.7. The number of carbonyl (C=O) groups is 1. The first-order valence-corrected chi connectivity index (χ1v) is 6.71. The Bertz CT molecular complexity index is 639. The van der Waals surface area contributed by atoms with Crippen molar-refractivity contribution in [3.63, 3.8) is 0 Å². The lowest BCUT2D eigenvalue weighted by atomic mass is 10.2. The van der Waals surface area contributed by atoms with Crippen molar-refractivity contribution in [3.8, 4) is 0 Å². The summed E-state index contributed by atoms with van der Waals surface area (Å²) in [6, 6.07) is 5.23. The summed E-state index contributed by atoms with van der Waals surface area (Å²) in [5.74, 6) is -0.813. The van der Waals surface area contributed by atoms with Crippen molar-refractivity contribution in [1.29, 1.82) is 0 Å². The number of rotatable bonds is 2. The first kappa shape index (κ1) is 14.1. The summed E-state index contributed by atoms with van der Waals surface area (Å²) in [6.45, 7) is -1.37. The first-order valence-electron chi connectivity index (χ1n) is 5.10. The van der Waals surface area contributed by atoms with Gasteiger partial charge in [0.25, 0.3) is 5.91 Å². The lowest BCUT2D eigenvalue weighted by molar-refractivity contribution is -0.123. The molecule has 0 aliphatic carbocycles. The molecule has 1 aromatic heterocycles. The quantitative estimate of drug-likeness (QED) is 0.868. The van der Waals surface area contributed by atoms with Gasteiger partial charge in [0.05, 0.1) is 5.69 Å². The molecule has 0 bridgehead atoms. The minimum absolute atomic E-state index is 0.0948. The third-order valence-electron chi connectivity index (χ3n) is 2.35. The number of hydrogen-bond acceptors (Lipinski definition) is 3. The molecule has 0 atom stereocenters. The standard InChI is InChI=1S/C11H8BrF3N2OS/c12-5-1-2-6-7(3-5)19-9(8(6)16)10(18)17-4-11(13,14)15/h1-3H,4,16H2,(H,17,18). The number of nitrogens with two attached hydrogens (primary N) is 1. The molecule has 0 radical (unpaired) electrons. The van der Waals surface area contributed by atoms with E-state index in [9.17, 15) is 18.0 Å². The molecule has 1 heterocycles. The molecule has 3 nitrogen and oxygen atoms in total. The van der Waals surface area contributed by atoms with E-state index >= 15 is 0 Å². The van der Waals surface area contributed by atoms with E-state index in [1.165, 1.54) is 0 Å².